The van der Waals surface area contributed by atoms with Crippen molar-refractivity contribution in [2.75, 3.05) is 0 Å². The molecule has 0 aromatic heterocycles. The second-order valence-corrected chi connectivity index (χ2v) is 7.08. The SMILES string of the molecule is CC1(C)OB(c2cccc(OCc3ccc(F)cc3)c2)OC1(C)C. The Morgan fingerprint density at radius 3 is 2.21 bits per heavy atom. The van der Waals surface area contributed by atoms with Crippen molar-refractivity contribution in [2.24, 2.45) is 0 Å². The van der Waals surface area contributed by atoms with E-state index in [2.05, 4.69) is 0 Å². The lowest BCUT2D eigenvalue weighted by molar-refractivity contribution is 0.00578. The van der Waals surface area contributed by atoms with E-state index in [1.165, 1.54) is 12.1 Å². The largest absolute Gasteiger partial charge is 0.494 e. The van der Waals surface area contributed by atoms with Crippen LogP contribution in [-0.4, -0.2) is 18.3 Å². The van der Waals surface area contributed by atoms with E-state index in [-0.39, 0.29) is 17.0 Å². The Hall–Kier alpha value is -1.85. The second-order valence-electron chi connectivity index (χ2n) is 7.08. The third-order valence-electron chi connectivity index (χ3n) is 4.70. The first-order valence-electron chi connectivity index (χ1n) is 8.10. The summed E-state index contributed by atoms with van der Waals surface area (Å²) in [7, 11) is -0.413. The average Bonchev–Trinajstić information content (AvgIpc) is 2.75. The number of benzene rings is 2. The van der Waals surface area contributed by atoms with Crippen LogP contribution in [0.1, 0.15) is 33.3 Å². The molecule has 1 saturated heterocycles. The Kier molecular flexibility index (Phi) is 4.41. The van der Waals surface area contributed by atoms with E-state index in [4.69, 9.17) is 14.0 Å². The molecule has 1 fully saturated rings. The van der Waals surface area contributed by atoms with Crippen LogP contribution in [-0.2, 0) is 15.9 Å². The maximum absolute atomic E-state index is 12.9. The fourth-order valence-corrected chi connectivity index (χ4v) is 2.48. The molecular formula is C19H22BFO3. The number of hydrogen-bond donors (Lipinski definition) is 0. The molecule has 126 valence electrons. The normalized spacial score (nSPS) is 18.6. The predicted molar refractivity (Wildman–Crippen MR) is 92.9 cm³/mol. The molecule has 0 N–H and O–H groups in total. The average molecular weight is 328 g/mol. The van der Waals surface area contributed by atoms with Gasteiger partial charge in [-0.25, -0.2) is 4.39 Å². The van der Waals surface area contributed by atoms with Crippen molar-refractivity contribution in [3.05, 3.63) is 59.9 Å². The Bertz CT molecular complexity index is 697. The molecule has 0 spiro atoms. The monoisotopic (exact) mass is 328 g/mol. The molecule has 0 aliphatic carbocycles. The van der Waals surface area contributed by atoms with Crippen molar-refractivity contribution in [3.8, 4) is 5.75 Å². The van der Waals surface area contributed by atoms with Crippen LogP contribution in [0.2, 0.25) is 0 Å². The number of rotatable bonds is 4. The molecule has 1 heterocycles. The summed E-state index contributed by atoms with van der Waals surface area (Å²) < 4.78 is 30.9. The van der Waals surface area contributed by atoms with Crippen LogP contribution < -0.4 is 10.2 Å². The molecule has 2 aromatic carbocycles. The minimum atomic E-state index is -0.413. The van der Waals surface area contributed by atoms with E-state index in [1.54, 1.807) is 12.1 Å². The quantitative estimate of drug-likeness (QED) is 0.801. The van der Waals surface area contributed by atoms with Crippen LogP contribution in [0.4, 0.5) is 4.39 Å². The number of hydrogen-bond acceptors (Lipinski definition) is 3. The molecule has 0 unspecified atom stereocenters. The van der Waals surface area contributed by atoms with Crippen molar-refractivity contribution >= 4 is 12.6 Å². The maximum atomic E-state index is 12.9. The molecule has 0 saturated carbocycles. The van der Waals surface area contributed by atoms with E-state index >= 15 is 0 Å². The minimum Gasteiger partial charge on any atom is -0.489 e. The lowest BCUT2D eigenvalue weighted by atomic mass is 9.79. The van der Waals surface area contributed by atoms with Gasteiger partial charge in [0.15, 0.2) is 0 Å². The van der Waals surface area contributed by atoms with Gasteiger partial charge < -0.3 is 14.0 Å². The summed E-state index contributed by atoms with van der Waals surface area (Å²) in [6.07, 6.45) is 0. The maximum Gasteiger partial charge on any atom is 0.494 e. The molecule has 1 aliphatic rings. The highest BCUT2D eigenvalue weighted by Gasteiger charge is 2.51. The van der Waals surface area contributed by atoms with Crippen LogP contribution in [0, 0.1) is 5.82 Å². The van der Waals surface area contributed by atoms with Crippen LogP contribution in [0.25, 0.3) is 0 Å². The van der Waals surface area contributed by atoms with Gasteiger partial charge in [-0.3, -0.25) is 0 Å². The molecule has 0 amide bonds. The first-order chi connectivity index (χ1) is 11.3. The molecule has 0 atom stereocenters. The molecule has 5 heteroatoms. The van der Waals surface area contributed by atoms with Gasteiger partial charge in [0, 0.05) is 0 Å². The van der Waals surface area contributed by atoms with Gasteiger partial charge in [-0.15, -0.1) is 0 Å². The minimum absolute atomic E-state index is 0.249. The lowest BCUT2D eigenvalue weighted by Crippen LogP contribution is -2.41. The van der Waals surface area contributed by atoms with Crippen LogP contribution >= 0.6 is 0 Å². The molecule has 3 rings (SSSR count). The molecule has 24 heavy (non-hydrogen) atoms. The van der Waals surface area contributed by atoms with Crippen molar-refractivity contribution in [1.82, 2.24) is 0 Å². The first kappa shape index (κ1) is 17.0. The van der Waals surface area contributed by atoms with Gasteiger partial charge >= 0.3 is 7.12 Å². The molecule has 0 radical (unpaired) electrons. The zero-order valence-electron chi connectivity index (χ0n) is 14.5. The van der Waals surface area contributed by atoms with Crippen LogP contribution in [0.15, 0.2) is 48.5 Å². The van der Waals surface area contributed by atoms with Crippen LogP contribution in [0.3, 0.4) is 0 Å². The highest BCUT2D eigenvalue weighted by Crippen LogP contribution is 2.36. The smallest absolute Gasteiger partial charge is 0.489 e. The topological polar surface area (TPSA) is 27.7 Å². The van der Waals surface area contributed by atoms with E-state index in [9.17, 15) is 4.39 Å². The van der Waals surface area contributed by atoms with E-state index in [0.717, 1.165) is 16.8 Å². The summed E-state index contributed by atoms with van der Waals surface area (Å²) in [4.78, 5) is 0. The third kappa shape index (κ3) is 3.47. The van der Waals surface area contributed by atoms with E-state index in [1.807, 2.05) is 52.0 Å². The number of halogens is 1. The summed E-state index contributed by atoms with van der Waals surface area (Å²) in [5.41, 5.74) is 1.09. The van der Waals surface area contributed by atoms with Crippen molar-refractivity contribution in [2.45, 2.75) is 45.5 Å². The van der Waals surface area contributed by atoms with Gasteiger partial charge in [0.05, 0.1) is 11.2 Å². The van der Waals surface area contributed by atoms with Gasteiger partial charge in [0.2, 0.25) is 0 Å². The Morgan fingerprint density at radius 1 is 0.958 bits per heavy atom. The highest BCUT2D eigenvalue weighted by atomic mass is 19.1. The van der Waals surface area contributed by atoms with E-state index in [0.29, 0.717) is 6.61 Å². The molecule has 0 bridgehead atoms. The Labute approximate surface area is 142 Å². The fourth-order valence-electron chi connectivity index (χ4n) is 2.48. The second kappa shape index (κ2) is 6.23. The molecular weight excluding hydrogens is 306 g/mol. The summed E-state index contributed by atoms with van der Waals surface area (Å²) in [6, 6.07) is 14.0. The summed E-state index contributed by atoms with van der Waals surface area (Å²) in [5, 5.41) is 0. The Balaban J connectivity index is 1.70. The number of ether oxygens (including phenoxy) is 1. The molecule has 2 aromatic rings. The molecule has 3 nitrogen and oxygen atoms in total. The highest BCUT2D eigenvalue weighted by molar-refractivity contribution is 6.62. The van der Waals surface area contributed by atoms with Gasteiger partial charge in [-0.1, -0.05) is 24.3 Å². The zero-order valence-corrected chi connectivity index (χ0v) is 14.5. The fraction of sp³-hybridized carbons (Fsp3) is 0.368. The van der Waals surface area contributed by atoms with Crippen molar-refractivity contribution in [3.63, 3.8) is 0 Å². The third-order valence-corrected chi connectivity index (χ3v) is 4.70. The van der Waals surface area contributed by atoms with E-state index < -0.39 is 7.12 Å². The van der Waals surface area contributed by atoms with Crippen LogP contribution in [0.5, 0.6) is 5.75 Å². The van der Waals surface area contributed by atoms with Gasteiger partial charge in [0.25, 0.3) is 0 Å². The van der Waals surface area contributed by atoms with Gasteiger partial charge in [0.1, 0.15) is 18.2 Å². The Morgan fingerprint density at radius 2 is 1.58 bits per heavy atom. The zero-order chi connectivity index (χ0) is 17.4. The first-order valence-corrected chi connectivity index (χ1v) is 8.10. The molecule has 1 aliphatic heterocycles. The predicted octanol–water partition coefficient (Wildman–Crippen LogP) is 3.70. The van der Waals surface area contributed by atoms with Crippen molar-refractivity contribution < 1.29 is 18.4 Å². The van der Waals surface area contributed by atoms with Gasteiger partial charge in [-0.2, -0.15) is 0 Å². The lowest BCUT2D eigenvalue weighted by Gasteiger charge is -2.32. The summed E-state index contributed by atoms with van der Waals surface area (Å²) in [6.45, 7) is 8.50. The summed E-state index contributed by atoms with van der Waals surface area (Å²) in [5.74, 6) is 0.480. The summed E-state index contributed by atoms with van der Waals surface area (Å²) >= 11 is 0. The standard InChI is InChI=1S/C19H22BFO3/c1-18(2)19(3,4)24-20(23-18)15-6-5-7-17(12-15)22-13-14-8-10-16(21)11-9-14/h5-12H,13H2,1-4H3. The van der Waals surface area contributed by atoms with Gasteiger partial charge in [-0.05, 0) is 63.0 Å². The van der Waals surface area contributed by atoms with Crippen molar-refractivity contribution in [1.29, 1.82) is 0 Å².